The summed E-state index contributed by atoms with van der Waals surface area (Å²) in [5.74, 6) is -0.363. The predicted molar refractivity (Wildman–Crippen MR) is 89.6 cm³/mol. The van der Waals surface area contributed by atoms with Crippen molar-refractivity contribution >= 4 is 11.9 Å². The normalized spacial score (nSPS) is 14.8. The number of hydrogen-bond donors (Lipinski definition) is 2. The van der Waals surface area contributed by atoms with Gasteiger partial charge < -0.3 is 15.5 Å². The number of likely N-dealkylation sites (tertiary alicyclic amines) is 1. The van der Waals surface area contributed by atoms with Gasteiger partial charge in [0.2, 0.25) is 5.91 Å². The fourth-order valence-electron chi connectivity index (χ4n) is 2.58. The van der Waals surface area contributed by atoms with Crippen molar-refractivity contribution in [1.29, 1.82) is 0 Å². The summed E-state index contributed by atoms with van der Waals surface area (Å²) < 4.78 is 26.8. The molecule has 0 unspecified atom stereocenters. The molecule has 2 rings (SSSR count). The maximum absolute atomic E-state index is 13.6. The minimum Gasteiger partial charge on any atom is -0.357 e. The SMILES string of the molecule is CCNC(=NCc1cc(F)ccc1F)NCCC(=O)N1CCCC1. The summed E-state index contributed by atoms with van der Waals surface area (Å²) in [6, 6.07) is 3.31. The van der Waals surface area contributed by atoms with Crippen LogP contribution in [-0.4, -0.2) is 42.9 Å². The summed E-state index contributed by atoms with van der Waals surface area (Å²) in [6.45, 7) is 4.70. The molecular formula is C17H24F2N4O. The molecule has 1 saturated heterocycles. The third-order valence-electron chi connectivity index (χ3n) is 3.85. The van der Waals surface area contributed by atoms with Crippen LogP contribution in [0.25, 0.3) is 0 Å². The van der Waals surface area contributed by atoms with Crippen LogP contribution in [-0.2, 0) is 11.3 Å². The molecule has 0 bridgehead atoms. The summed E-state index contributed by atoms with van der Waals surface area (Å²) in [5.41, 5.74) is 0.195. The number of carbonyl (C=O) groups is 1. The van der Waals surface area contributed by atoms with Crippen LogP contribution < -0.4 is 10.6 Å². The maximum Gasteiger partial charge on any atom is 0.224 e. The van der Waals surface area contributed by atoms with Crippen LogP contribution in [0, 0.1) is 11.6 Å². The van der Waals surface area contributed by atoms with Gasteiger partial charge in [-0.3, -0.25) is 4.79 Å². The molecule has 0 aliphatic carbocycles. The van der Waals surface area contributed by atoms with Gasteiger partial charge in [0.1, 0.15) is 11.6 Å². The minimum atomic E-state index is -0.490. The first-order chi connectivity index (χ1) is 11.6. The van der Waals surface area contributed by atoms with Crippen molar-refractivity contribution in [3.05, 3.63) is 35.4 Å². The van der Waals surface area contributed by atoms with Crippen molar-refractivity contribution in [3.8, 4) is 0 Å². The summed E-state index contributed by atoms with van der Waals surface area (Å²) in [4.78, 5) is 18.1. The van der Waals surface area contributed by atoms with Gasteiger partial charge in [-0.05, 0) is 38.0 Å². The Kier molecular flexibility index (Phi) is 6.96. The topological polar surface area (TPSA) is 56.7 Å². The number of nitrogens with zero attached hydrogens (tertiary/aromatic N) is 2. The number of amides is 1. The lowest BCUT2D eigenvalue weighted by atomic mass is 10.2. The predicted octanol–water partition coefficient (Wildman–Crippen LogP) is 2.03. The van der Waals surface area contributed by atoms with E-state index in [1.807, 2.05) is 11.8 Å². The van der Waals surface area contributed by atoms with Crippen LogP contribution in [0.1, 0.15) is 31.7 Å². The molecule has 1 fully saturated rings. The highest BCUT2D eigenvalue weighted by Gasteiger charge is 2.17. The smallest absolute Gasteiger partial charge is 0.224 e. The van der Waals surface area contributed by atoms with Crippen LogP contribution in [0.2, 0.25) is 0 Å². The zero-order valence-corrected chi connectivity index (χ0v) is 13.9. The molecule has 1 aromatic carbocycles. The lowest BCUT2D eigenvalue weighted by molar-refractivity contribution is -0.129. The minimum absolute atomic E-state index is 0.0268. The van der Waals surface area contributed by atoms with Crippen molar-refractivity contribution in [3.63, 3.8) is 0 Å². The highest BCUT2D eigenvalue weighted by molar-refractivity contribution is 5.81. The highest BCUT2D eigenvalue weighted by Crippen LogP contribution is 2.11. The number of nitrogens with one attached hydrogen (secondary N) is 2. The van der Waals surface area contributed by atoms with Crippen LogP contribution in [0.5, 0.6) is 0 Å². The second-order valence-corrected chi connectivity index (χ2v) is 5.70. The lowest BCUT2D eigenvalue weighted by Gasteiger charge is -2.16. The first-order valence-corrected chi connectivity index (χ1v) is 8.34. The molecule has 0 atom stereocenters. The zero-order chi connectivity index (χ0) is 17.4. The number of carbonyl (C=O) groups excluding carboxylic acids is 1. The molecular weight excluding hydrogens is 314 g/mol. The summed E-state index contributed by atoms with van der Waals surface area (Å²) in [5, 5.41) is 6.08. The molecule has 1 aliphatic rings. The maximum atomic E-state index is 13.6. The van der Waals surface area contributed by atoms with Gasteiger partial charge in [0.25, 0.3) is 0 Å². The molecule has 0 aromatic heterocycles. The third kappa shape index (κ3) is 5.47. The van der Waals surface area contributed by atoms with E-state index in [0.717, 1.165) is 44.1 Å². The molecule has 1 aromatic rings. The second-order valence-electron chi connectivity index (χ2n) is 5.70. The first-order valence-electron chi connectivity index (χ1n) is 8.34. The van der Waals surface area contributed by atoms with Gasteiger partial charge >= 0.3 is 0 Å². The van der Waals surface area contributed by atoms with Gasteiger partial charge in [-0.2, -0.15) is 0 Å². The lowest BCUT2D eigenvalue weighted by Crippen LogP contribution is -2.39. The number of halogens is 2. The molecule has 132 valence electrons. The van der Waals surface area contributed by atoms with E-state index < -0.39 is 11.6 Å². The number of benzene rings is 1. The Morgan fingerprint density at radius 1 is 1.25 bits per heavy atom. The average Bonchev–Trinajstić information content (AvgIpc) is 3.10. The number of guanidine groups is 1. The standard InChI is InChI=1S/C17H24F2N4O/c1-2-20-17(21-8-7-16(24)23-9-3-4-10-23)22-12-13-11-14(18)5-6-15(13)19/h5-6,11H,2-4,7-10,12H2,1H3,(H2,20,21,22). The van der Waals surface area contributed by atoms with E-state index in [2.05, 4.69) is 15.6 Å². The van der Waals surface area contributed by atoms with Gasteiger partial charge in [-0.25, -0.2) is 13.8 Å². The van der Waals surface area contributed by atoms with Crippen LogP contribution in [0.3, 0.4) is 0 Å². The highest BCUT2D eigenvalue weighted by atomic mass is 19.1. The van der Waals surface area contributed by atoms with Crippen molar-refractivity contribution in [1.82, 2.24) is 15.5 Å². The molecule has 5 nitrogen and oxygen atoms in total. The monoisotopic (exact) mass is 338 g/mol. The van der Waals surface area contributed by atoms with Crippen molar-refractivity contribution in [2.24, 2.45) is 4.99 Å². The van der Waals surface area contributed by atoms with E-state index in [0.29, 0.717) is 25.5 Å². The molecule has 1 heterocycles. The van der Waals surface area contributed by atoms with E-state index in [-0.39, 0.29) is 18.0 Å². The molecule has 7 heteroatoms. The van der Waals surface area contributed by atoms with Gasteiger partial charge in [0, 0.05) is 38.2 Å². The van der Waals surface area contributed by atoms with Crippen molar-refractivity contribution in [2.75, 3.05) is 26.2 Å². The van der Waals surface area contributed by atoms with Gasteiger partial charge in [-0.1, -0.05) is 0 Å². The molecule has 0 saturated carbocycles. The number of rotatable bonds is 6. The van der Waals surface area contributed by atoms with Crippen LogP contribution in [0.15, 0.2) is 23.2 Å². The van der Waals surface area contributed by atoms with Crippen LogP contribution >= 0.6 is 0 Å². The Labute approximate surface area is 141 Å². The Hall–Kier alpha value is -2.18. The molecule has 1 amide bonds. The average molecular weight is 338 g/mol. The van der Waals surface area contributed by atoms with Crippen molar-refractivity contribution < 1.29 is 13.6 Å². The summed E-state index contributed by atoms with van der Waals surface area (Å²) in [7, 11) is 0. The Balaban J connectivity index is 1.86. The zero-order valence-electron chi connectivity index (χ0n) is 13.9. The van der Waals surface area contributed by atoms with Crippen LogP contribution in [0.4, 0.5) is 8.78 Å². The summed E-state index contributed by atoms with van der Waals surface area (Å²) >= 11 is 0. The van der Waals surface area contributed by atoms with E-state index >= 15 is 0 Å². The van der Waals surface area contributed by atoms with Crippen molar-refractivity contribution in [2.45, 2.75) is 32.7 Å². The third-order valence-corrected chi connectivity index (χ3v) is 3.85. The van der Waals surface area contributed by atoms with E-state index in [1.54, 1.807) is 0 Å². The Morgan fingerprint density at radius 3 is 2.71 bits per heavy atom. The summed E-state index contributed by atoms with van der Waals surface area (Å²) in [6.07, 6.45) is 2.53. The molecule has 0 spiro atoms. The molecule has 0 radical (unpaired) electrons. The van der Waals surface area contributed by atoms with E-state index in [4.69, 9.17) is 0 Å². The fourth-order valence-corrected chi connectivity index (χ4v) is 2.58. The first kappa shape index (κ1) is 18.2. The molecule has 24 heavy (non-hydrogen) atoms. The quantitative estimate of drug-likeness (QED) is 0.616. The number of aliphatic imine (C=N–C) groups is 1. The van der Waals surface area contributed by atoms with Gasteiger partial charge in [-0.15, -0.1) is 0 Å². The Morgan fingerprint density at radius 2 is 2.00 bits per heavy atom. The molecule has 1 aliphatic heterocycles. The number of hydrogen-bond acceptors (Lipinski definition) is 2. The van der Waals surface area contributed by atoms with E-state index in [9.17, 15) is 13.6 Å². The molecule has 2 N–H and O–H groups in total. The fraction of sp³-hybridized carbons (Fsp3) is 0.529. The van der Waals surface area contributed by atoms with Gasteiger partial charge in [0.15, 0.2) is 5.96 Å². The Bertz CT molecular complexity index is 586. The van der Waals surface area contributed by atoms with Gasteiger partial charge in [0.05, 0.1) is 6.54 Å². The van der Waals surface area contributed by atoms with E-state index in [1.165, 1.54) is 0 Å². The second kappa shape index (κ2) is 9.20. The largest absolute Gasteiger partial charge is 0.357 e.